The van der Waals surface area contributed by atoms with Gasteiger partial charge >= 0.3 is 0 Å². The third-order valence-corrected chi connectivity index (χ3v) is 13.0. The summed E-state index contributed by atoms with van der Waals surface area (Å²) in [5, 5.41) is 11.2. The molecule has 5 aromatic heterocycles. The molecule has 0 aliphatic heterocycles. The van der Waals surface area contributed by atoms with Crippen LogP contribution < -0.4 is 54.0 Å². The van der Waals surface area contributed by atoms with Crippen molar-refractivity contribution in [1.29, 1.82) is 0 Å². The Morgan fingerprint density at radius 3 is 0.963 bits per heavy atom. The van der Waals surface area contributed by atoms with Crippen LogP contribution in [0.4, 0.5) is 22.7 Å². The van der Waals surface area contributed by atoms with Crippen molar-refractivity contribution in [3.63, 3.8) is 0 Å². The first-order chi connectivity index (χ1) is 38.5. The number of nitrogens with zero attached hydrogens (tertiary/aromatic N) is 11. The van der Waals surface area contributed by atoms with Crippen molar-refractivity contribution in [3.8, 4) is 0 Å². The number of unbranched alkanes of at least 4 members (excludes halogenated alkanes) is 4. The van der Waals surface area contributed by atoms with Crippen molar-refractivity contribution < 1.29 is 28.8 Å². The van der Waals surface area contributed by atoms with Crippen LogP contribution >= 0.6 is 0 Å². The molecule has 0 aromatic carbocycles. The van der Waals surface area contributed by atoms with E-state index >= 15 is 9.59 Å². The monoisotopic (exact) mass is 1100 g/mol. The fraction of sp³-hybridized carbons (Fsp3) is 0.436. The number of nitrogens with one attached hydrogen (secondary N) is 4. The maximum Gasteiger partial charge on any atom is 0.281 e. The maximum atomic E-state index is 15.3. The number of amidine groups is 4. The number of rotatable bonds is 30. The zero-order valence-corrected chi connectivity index (χ0v) is 47.3. The van der Waals surface area contributed by atoms with Crippen LogP contribution in [-0.2, 0) is 26.2 Å². The van der Waals surface area contributed by atoms with E-state index in [0.29, 0.717) is 63.2 Å². The van der Waals surface area contributed by atoms with Gasteiger partial charge in [-0.05, 0) is 62.1 Å². The van der Waals surface area contributed by atoms with Gasteiger partial charge in [0.2, 0.25) is 0 Å². The molecular formula is C55H79N19O6. The van der Waals surface area contributed by atoms with Gasteiger partial charge in [-0.2, -0.15) is 0 Å². The highest BCUT2D eigenvalue weighted by Gasteiger charge is 2.31. The lowest BCUT2D eigenvalue weighted by Crippen LogP contribution is -2.34. The van der Waals surface area contributed by atoms with E-state index in [4.69, 9.17) is 22.9 Å². The minimum Gasteiger partial charge on any atom is -0.386 e. The summed E-state index contributed by atoms with van der Waals surface area (Å²) < 4.78 is 7.03. The minimum absolute atomic E-state index is 0.0104. The van der Waals surface area contributed by atoms with E-state index in [-0.39, 0.29) is 94.9 Å². The summed E-state index contributed by atoms with van der Waals surface area (Å²) in [4.78, 5) is 109. The van der Waals surface area contributed by atoms with Crippen molar-refractivity contribution in [2.75, 3.05) is 64.2 Å². The van der Waals surface area contributed by atoms with E-state index in [9.17, 15) is 19.2 Å². The molecule has 0 fully saturated rings. The van der Waals surface area contributed by atoms with Gasteiger partial charge in [0.25, 0.3) is 35.4 Å². The number of carbonyl (C=O) groups excluding carboxylic acids is 6. The lowest BCUT2D eigenvalue weighted by Gasteiger charge is -2.21. The number of amides is 6. The molecule has 0 aliphatic rings. The molecule has 0 radical (unpaired) electrons. The molecule has 5 heterocycles. The molecule has 0 saturated carbocycles. The molecule has 0 bridgehead atoms. The summed E-state index contributed by atoms with van der Waals surface area (Å²) in [7, 11) is 6.09. The molecule has 5 aromatic rings. The lowest BCUT2D eigenvalue weighted by atomic mass is 10.2. The standard InChI is InChI=1S/C55H79N19O6/c1-9-13-19-69-32-37(23-42(69)50(75)65-28-46(56)60-5)73(38-24-43(70(33-38)20-14-10-2)51(76)66-29-47(57)61-6)54(79)36-17-18-41(64-27-36)55(80)74(39-25-44(71(34-39)21-15-11-3)52(77)67-30-48(58)62-7)40-26-45(72(35-40)22-16-12-4)53(78)68-31-49(59)63-8/h17-18,23-27,32-35H,9-16,19-22,28-31H2,1-8H3,(H2,56,60)(H2,57,61)(H2,58,62)(H2,59,63)(H,65,75)(H,66,76)(H,67,77)(H,68,78). The zero-order valence-electron chi connectivity index (χ0n) is 47.3. The fourth-order valence-electron chi connectivity index (χ4n) is 8.30. The lowest BCUT2D eigenvalue weighted by molar-refractivity contribution is 0.0941. The maximum absolute atomic E-state index is 15.3. The highest BCUT2D eigenvalue weighted by Crippen LogP contribution is 2.34. The third kappa shape index (κ3) is 16.0. The van der Waals surface area contributed by atoms with Gasteiger partial charge in [-0.1, -0.05) is 53.4 Å². The molecule has 12 N–H and O–H groups in total. The number of aromatic nitrogens is 5. The Hall–Kier alpha value is -9.03. The first-order valence-corrected chi connectivity index (χ1v) is 26.9. The number of pyridine rings is 1. The summed E-state index contributed by atoms with van der Waals surface area (Å²) >= 11 is 0. The Morgan fingerprint density at radius 1 is 0.450 bits per heavy atom. The van der Waals surface area contributed by atoms with Crippen LogP contribution in [0.5, 0.6) is 0 Å². The third-order valence-electron chi connectivity index (χ3n) is 13.0. The number of hydrogen-bond acceptors (Lipinski definition) is 11. The van der Waals surface area contributed by atoms with E-state index in [2.05, 4.69) is 46.2 Å². The molecule has 5 rings (SSSR count). The average Bonchev–Trinajstić information content (AvgIpc) is 4.30. The molecule has 6 amide bonds. The normalized spacial score (nSPS) is 12.1. The van der Waals surface area contributed by atoms with Crippen LogP contribution in [0.1, 0.15) is 142 Å². The van der Waals surface area contributed by atoms with Crippen LogP contribution in [0.2, 0.25) is 0 Å². The van der Waals surface area contributed by atoms with Gasteiger partial charge < -0.3 is 62.5 Å². The molecule has 0 atom stereocenters. The number of nitrogens with two attached hydrogens (primary N) is 4. The Morgan fingerprint density at radius 2 is 0.725 bits per heavy atom. The van der Waals surface area contributed by atoms with Gasteiger partial charge in [-0.25, -0.2) is 0 Å². The molecule has 0 saturated heterocycles. The first-order valence-electron chi connectivity index (χ1n) is 26.9. The second-order valence-electron chi connectivity index (χ2n) is 18.8. The number of carbonyl (C=O) groups is 6. The molecule has 0 unspecified atom stereocenters. The minimum atomic E-state index is -0.653. The molecule has 430 valence electrons. The molecule has 0 spiro atoms. The summed E-state index contributed by atoms with van der Waals surface area (Å²) in [5.74, 6) is -2.21. The van der Waals surface area contributed by atoms with Crippen LogP contribution in [0.15, 0.2) is 87.4 Å². The SMILES string of the molecule is CCCCn1cc(N(C(=O)c2ccc(C(=O)N(c3cc(C(=O)NCC(N)=NC)n(CCCC)c3)c3cc(C(=O)NCC(N)=NC)n(CCCC)c3)nc2)c2cc(C(=O)NCC(N)=NC)n(CCCC)c2)cc1C(=O)NCC(N)=NC. The molecular weight excluding hydrogens is 1020 g/mol. The van der Waals surface area contributed by atoms with Gasteiger partial charge in [-0.15, -0.1) is 0 Å². The van der Waals surface area contributed by atoms with Gasteiger partial charge in [0.05, 0.1) is 54.5 Å². The molecule has 25 heteroatoms. The molecule has 25 nitrogen and oxygen atoms in total. The smallest absolute Gasteiger partial charge is 0.281 e. The summed E-state index contributed by atoms with van der Waals surface area (Å²) in [6, 6.07) is 9.23. The summed E-state index contributed by atoms with van der Waals surface area (Å²) in [5.41, 5.74) is 25.9. The number of hydrogen-bond donors (Lipinski definition) is 8. The van der Waals surface area contributed by atoms with E-state index in [1.807, 2.05) is 27.7 Å². The summed E-state index contributed by atoms with van der Waals surface area (Å²) in [6.07, 6.45) is 14.1. The number of aliphatic imine (C=N–C) groups is 4. The zero-order chi connectivity index (χ0) is 58.5. The van der Waals surface area contributed by atoms with Gasteiger partial charge in [-0.3, -0.25) is 63.5 Å². The fourth-order valence-corrected chi connectivity index (χ4v) is 8.30. The van der Waals surface area contributed by atoms with E-state index in [1.54, 1.807) is 67.3 Å². The number of aryl methyl sites for hydroxylation is 4. The highest BCUT2D eigenvalue weighted by molar-refractivity contribution is 6.14. The predicted molar refractivity (Wildman–Crippen MR) is 314 cm³/mol. The van der Waals surface area contributed by atoms with E-state index in [0.717, 1.165) is 25.7 Å². The second kappa shape index (κ2) is 30.2. The van der Waals surface area contributed by atoms with Crippen molar-refractivity contribution in [2.45, 2.75) is 105 Å². The van der Waals surface area contributed by atoms with E-state index < -0.39 is 35.4 Å². The van der Waals surface area contributed by atoms with Gasteiger partial charge in [0.1, 0.15) is 51.8 Å². The topological polar surface area (TPSA) is 343 Å². The van der Waals surface area contributed by atoms with Crippen molar-refractivity contribution in [1.82, 2.24) is 44.5 Å². The van der Waals surface area contributed by atoms with Crippen molar-refractivity contribution >= 4 is 81.5 Å². The van der Waals surface area contributed by atoms with Crippen molar-refractivity contribution in [2.24, 2.45) is 42.9 Å². The average molecular weight is 1100 g/mol. The largest absolute Gasteiger partial charge is 0.386 e. The molecule has 0 aliphatic carbocycles. The van der Waals surface area contributed by atoms with Gasteiger partial charge in [0, 0.05) is 85.4 Å². The molecule has 80 heavy (non-hydrogen) atoms. The van der Waals surface area contributed by atoms with Crippen LogP contribution in [-0.4, -0.2) is 136 Å². The van der Waals surface area contributed by atoms with Crippen LogP contribution in [0.3, 0.4) is 0 Å². The first kappa shape index (κ1) is 61.8. The Balaban J connectivity index is 1.69. The van der Waals surface area contributed by atoms with Crippen molar-refractivity contribution in [3.05, 3.63) is 101 Å². The highest BCUT2D eigenvalue weighted by atomic mass is 16.2. The Kier molecular flexibility index (Phi) is 23.3. The quantitative estimate of drug-likeness (QED) is 0.0237. The Bertz CT molecular complexity index is 2710. The number of anilines is 4. The van der Waals surface area contributed by atoms with Gasteiger partial charge in [0.15, 0.2) is 0 Å². The van der Waals surface area contributed by atoms with E-state index in [1.165, 1.54) is 56.3 Å². The van der Waals surface area contributed by atoms with Crippen LogP contribution in [0.25, 0.3) is 0 Å². The predicted octanol–water partition coefficient (Wildman–Crippen LogP) is 4.31. The second-order valence-corrected chi connectivity index (χ2v) is 18.8. The summed E-state index contributed by atoms with van der Waals surface area (Å²) in [6.45, 7) is 9.78. The Labute approximate surface area is 467 Å². The van der Waals surface area contributed by atoms with Crippen LogP contribution in [0, 0.1) is 0 Å².